The number of esters is 1. The van der Waals surface area contributed by atoms with Crippen LogP contribution in [0.25, 0.3) is 28.0 Å². The van der Waals surface area contributed by atoms with E-state index in [9.17, 15) is 13.2 Å². The predicted octanol–water partition coefficient (Wildman–Crippen LogP) is 3.79. The maximum atomic E-state index is 12.4. The number of carbonyl (C=O) groups excluding carboxylic acids is 1. The second-order valence-electron chi connectivity index (χ2n) is 7.59. The molecular formula is C24H24N4O4S. The fraction of sp³-hybridized carbons (Fsp3) is 0.208. The molecule has 0 saturated carbocycles. The van der Waals surface area contributed by atoms with Crippen LogP contribution in [0.2, 0.25) is 0 Å². The van der Waals surface area contributed by atoms with Crippen LogP contribution >= 0.6 is 0 Å². The van der Waals surface area contributed by atoms with Crippen molar-refractivity contribution in [3.63, 3.8) is 0 Å². The van der Waals surface area contributed by atoms with Gasteiger partial charge in [-0.15, -0.1) is 0 Å². The van der Waals surface area contributed by atoms with E-state index in [-0.39, 0.29) is 11.5 Å². The van der Waals surface area contributed by atoms with Crippen LogP contribution in [0, 0.1) is 0 Å². The topological polar surface area (TPSA) is 117 Å². The van der Waals surface area contributed by atoms with Gasteiger partial charge in [-0.1, -0.05) is 37.6 Å². The molecule has 0 spiro atoms. The Hall–Kier alpha value is -3.56. The van der Waals surface area contributed by atoms with Gasteiger partial charge in [0.25, 0.3) is 0 Å². The van der Waals surface area contributed by atoms with Crippen LogP contribution in [0.1, 0.15) is 31.2 Å². The Labute approximate surface area is 191 Å². The summed E-state index contributed by atoms with van der Waals surface area (Å²) >= 11 is 0. The van der Waals surface area contributed by atoms with Crippen molar-refractivity contribution in [3.05, 3.63) is 72.2 Å². The van der Waals surface area contributed by atoms with Gasteiger partial charge in [-0.3, -0.25) is 4.98 Å². The third-order valence-corrected chi connectivity index (χ3v) is 6.18. The lowest BCUT2D eigenvalue weighted by Gasteiger charge is -2.09. The largest absolute Gasteiger partial charge is 0.454 e. The van der Waals surface area contributed by atoms with Crippen LogP contribution in [0.5, 0.6) is 0 Å². The maximum Gasteiger partial charge on any atom is 0.331 e. The second kappa shape index (κ2) is 9.51. The molecule has 0 aliphatic carbocycles. The molecule has 8 nitrogen and oxygen atoms in total. The first-order chi connectivity index (χ1) is 15.9. The van der Waals surface area contributed by atoms with E-state index in [0.29, 0.717) is 17.9 Å². The smallest absolute Gasteiger partial charge is 0.331 e. The van der Waals surface area contributed by atoms with Crippen LogP contribution < -0.4 is 5.14 Å². The van der Waals surface area contributed by atoms with Gasteiger partial charge < -0.3 is 9.30 Å². The van der Waals surface area contributed by atoms with Crippen molar-refractivity contribution in [1.82, 2.24) is 14.5 Å². The van der Waals surface area contributed by atoms with Gasteiger partial charge in [0.15, 0.2) is 0 Å². The summed E-state index contributed by atoms with van der Waals surface area (Å²) in [6.45, 7) is 2.71. The SMILES string of the molecule is CCCCn1c(COC(=O)/C=C/c2cccc3cccnc23)nc2cc(S(N)(=O)=O)ccc21. The van der Waals surface area contributed by atoms with E-state index in [1.54, 1.807) is 18.3 Å². The number of ether oxygens (including phenoxy) is 1. The van der Waals surface area contributed by atoms with Crippen molar-refractivity contribution >= 4 is 44.0 Å². The van der Waals surface area contributed by atoms with Gasteiger partial charge in [-0.25, -0.2) is 23.3 Å². The summed E-state index contributed by atoms with van der Waals surface area (Å²) in [5.74, 6) is 0.0286. The molecule has 0 bridgehead atoms. The minimum Gasteiger partial charge on any atom is -0.454 e. The number of rotatable bonds is 8. The summed E-state index contributed by atoms with van der Waals surface area (Å²) in [4.78, 5) is 21.3. The number of hydrogen-bond acceptors (Lipinski definition) is 6. The summed E-state index contributed by atoms with van der Waals surface area (Å²) < 4.78 is 30.8. The van der Waals surface area contributed by atoms with Crippen molar-refractivity contribution in [2.75, 3.05) is 0 Å². The summed E-state index contributed by atoms with van der Waals surface area (Å²) in [7, 11) is -3.84. The molecule has 0 unspecified atom stereocenters. The van der Waals surface area contributed by atoms with Crippen molar-refractivity contribution in [2.45, 2.75) is 37.8 Å². The number of imidazole rings is 1. The minimum absolute atomic E-state index is 0.00897. The fourth-order valence-corrected chi connectivity index (χ4v) is 4.15. The summed E-state index contributed by atoms with van der Waals surface area (Å²) in [6.07, 6.45) is 6.62. The first kappa shape index (κ1) is 22.6. The molecule has 4 rings (SSSR count). The van der Waals surface area contributed by atoms with Crippen LogP contribution in [-0.2, 0) is 32.7 Å². The van der Waals surface area contributed by atoms with Gasteiger partial charge in [0.2, 0.25) is 10.0 Å². The first-order valence-corrected chi connectivity index (χ1v) is 12.1. The Morgan fingerprint density at radius 1 is 1.18 bits per heavy atom. The highest BCUT2D eigenvalue weighted by Crippen LogP contribution is 2.22. The molecule has 4 aromatic rings. The zero-order valence-electron chi connectivity index (χ0n) is 18.1. The van der Waals surface area contributed by atoms with Gasteiger partial charge in [0, 0.05) is 29.8 Å². The van der Waals surface area contributed by atoms with Crippen LogP contribution in [0.15, 0.2) is 65.7 Å². The van der Waals surface area contributed by atoms with Crippen molar-refractivity contribution < 1.29 is 17.9 Å². The first-order valence-electron chi connectivity index (χ1n) is 10.6. The number of aryl methyl sites for hydroxylation is 1. The highest BCUT2D eigenvalue weighted by molar-refractivity contribution is 7.89. The van der Waals surface area contributed by atoms with Crippen molar-refractivity contribution in [2.24, 2.45) is 5.14 Å². The lowest BCUT2D eigenvalue weighted by atomic mass is 10.1. The molecule has 9 heteroatoms. The third-order valence-electron chi connectivity index (χ3n) is 5.27. The fourth-order valence-electron chi connectivity index (χ4n) is 3.62. The minimum atomic E-state index is -3.84. The molecule has 0 atom stereocenters. The predicted molar refractivity (Wildman–Crippen MR) is 127 cm³/mol. The van der Waals surface area contributed by atoms with Crippen molar-refractivity contribution in [1.29, 1.82) is 0 Å². The average molecular weight is 465 g/mol. The number of aromatic nitrogens is 3. The summed E-state index contributed by atoms with van der Waals surface area (Å²) in [5, 5.41) is 6.23. The second-order valence-corrected chi connectivity index (χ2v) is 9.15. The van der Waals surface area contributed by atoms with E-state index >= 15 is 0 Å². The molecule has 2 aromatic heterocycles. The molecule has 33 heavy (non-hydrogen) atoms. The molecule has 0 aliphatic heterocycles. The van der Waals surface area contributed by atoms with Crippen molar-refractivity contribution in [3.8, 4) is 0 Å². The van der Waals surface area contributed by atoms with E-state index in [2.05, 4.69) is 16.9 Å². The highest BCUT2D eigenvalue weighted by Gasteiger charge is 2.15. The van der Waals surface area contributed by atoms with Gasteiger partial charge >= 0.3 is 5.97 Å². The Morgan fingerprint density at radius 3 is 2.79 bits per heavy atom. The number of sulfonamides is 1. The molecule has 0 radical (unpaired) electrons. The Balaban J connectivity index is 1.55. The number of primary sulfonamides is 1. The monoisotopic (exact) mass is 464 g/mol. The molecule has 0 fully saturated rings. The van der Waals surface area contributed by atoms with E-state index in [1.165, 1.54) is 18.2 Å². The third kappa shape index (κ3) is 5.10. The molecule has 0 amide bonds. The molecule has 0 saturated heterocycles. The quantitative estimate of drug-likeness (QED) is 0.313. The van der Waals surface area contributed by atoms with E-state index in [1.807, 2.05) is 34.9 Å². The lowest BCUT2D eigenvalue weighted by molar-refractivity contribution is -0.139. The number of fused-ring (bicyclic) bond motifs is 2. The number of nitrogens with zero attached hydrogens (tertiary/aromatic N) is 3. The molecular weight excluding hydrogens is 440 g/mol. The molecule has 2 heterocycles. The number of pyridine rings is 1. The number of nitrogens with two attached hydrogens (primary N) is 1. The normalized spacial score (nSPS) is 12.1. The Kier molecular flexibility index (Phi) is 6.52. The average Bonchev–Trinajstić information content (AvgIpc) is 3.16. The zero-order valence-corrected chi connectivity index (χ0v) is 19.0. The number of unbranched alkanes of at least 4 members (excludes halogenated alkanes) is 1. The van der Waals surface area contributed by atoms with E-state index < -0.39 is 16.0 Å². The maximum absolute atomic E-state index is 12.4. The highest BCUT2D eigenvalue weighted by atomic mass is 32.2. The number of benzene rings is 2. The van der Waals surface area contributed by atoms with E-state index in [0.717, 1.165) is 34.8 Å². The number of hydrogen-bond donors (Lipinski definition) is 1. The number of para-hydroxylation sites is 1. The van der Waals surface area contributed by atoms with Crippen LogP contribution in [-0.4, -0.2) is 28.9 Å². The van der Waals surface area contributed by atoms with Crippen LogP contribution in [0.3, 0.4) is 0 Å². The summed E-state index contributed by atoms with van der Waals surface area (Å²) in [5.41, 5.74) is 2.87. The zero-order chi connectivity index (χ0) is 23.4. The molecule has 2 N–H and O–H groups in total. The molecule has 170 valence electrons. The molecule has 2 aromatic carbocycles. The molecule has 0 aliphatic rings. The van der Waals surface area contributed by atoms with Gasteiger partial charge in [-0.05, 0) is 36.8 Å². The lowest BCUT2D eigenvalue weighted by Crippen LogP contribution is -2.11. The van der Waals surface area contributed by atoms with Gasteiger partial charge in [0.05, 0.1) is 21.4 Å². The number of carbonyl (C=O) groups is 1. The van der Waals surface area contributed by atoms with Gasteiger partial charge in [0.1, 0.15) is 12.4 Å². The van der Waals surface area contributed by atoms with Gasteiger partial charge in [-0.2, -0.15) is 0 Å². The standard InChI is InChI=1S/C24H24N4O4S/c1-2-3-14-28-21-11-10-19(33(25,30)31)15-20(21)27-22(28)16-32-23(29)12-9-18-7-4-6-17-8-5-13-26-24(17)18/h4-13,15H,2-3,14,16H2,1H3,(H2,25,30,31)/b12-9+. The summed E-state index contributed by atoms with van der Waals surface area (Å²) in [6, 6.07) is 14.1. The Bertz CT molecular complexity index is 1450. The van der Waals surface area contributed by atoms with E-state index in [4.69, 9.17) is 9.88 Å². The Morgan fingerprint density at radius 2 is 2.00 bits per heavy atom. The van der Waals surface area contributed by atoms with Crippen LogP contribution in [0.4, 0.5) is 0 Å².